The first kappa shape index (κ1) is 21.4. The number of aliphatic imine (C=N–C) groups is 1. The van der Waals surface area contributed by atoms with Gasteiger partial charge in [0.05, 0.1) is 25.2 Å². The minimum atomic E-state index is -0.144. The van der Waals surface area contributed by atoms with Gasteiger partial charge in [-0.15, -0.1) is 0 Å². The molecule has 0 atom stereocenters. The standard InChI is InChI=1S/C27H26N6O2/c1-35-21-8-6-20(7-9-21)33-25-22(23(17-28)31-33)10-15-32(26(25)34)19-4-2-18(3-5-19)27(11-12-27)16-24-29-13-14-30-24/h2-9H,10-16H2,1H3,(H,29,30). The number of nitrogens with one attached hydrogen (secondary N) is 1. The number of carbonyl (C=O) groups excluding carboxylic acids is 1. The fraction of sp³-hybridized carbons (Fsp3) is 0.333. The first-order valence-electron chi connectivity index (χ1n) is 12.0. The van der Waals surface area contributed by atoms with E-state index in [1.165, 1.54) is 5.56 Å². The van der Waals surface area contributed by atoms with E-state index in [4.69, 9.17) is 4.74 Å². The number of nitriles is 1. The minimum Gasteiger partial charge on any atom is -0.497 e. The van der Waals surface area contributed by atoms with E-state index in [-0.39, 0.29) is 11.3 Å². The van der Waals surface area contributed by atoms with E-state index in [9.17, 15) is 10.1 Å². The highest BCUT2D eigenvalue weighted by Crippen LogP contribution is 2.51. The summed E-state index contributed by atoms with van der Waals surface area (Å²) in [5.74, 6) is 1.69. The second-order valence-electron chi connectivity index (χ2n) is 9.36. The van der Waals surface area contributed by atoms with Crippen LogP contribution < -0.4 is 15.0 Å². The van der Waals surface area contributed by atoms with Crippen molar-refractivity contribution in [2.75, 3.05) is 31.6 Å². The maximum absolute atomic E-state index is 13.7. The van der Waals surface area contributed by atoms with Gasteiger partial charge < -0.3 is 15.0 Å². The van der Waals surface area contributed by atoms with Crippen molar-refractivity contribution in [1.82, 2.24) is 15.1 Å². The molecule has 3 heterocycles. The van der Waals surface area contributed by atoms with E-state index < -0.39 is 0 Å². The van der Waals surface area contributed by atoms with Gasteiger partial charge in [-0.05, 0) is 61.2 Å². The Morgan fingerprint density at radius 3 is 2.49 bits per heavy atom. The van der Waals surface area contributed by atoms with Crippen LogP contribution >= 0.6 is 0 Å². The van der Waals surface area contributed by atoms with Crippen molar-refractivity contribution < 1.29 is 9.53 Å². The lowest BCUT2D eigenvalue weighted by molar-refractivity contribution is 0.0973. The SMILES string of the molecule is COc1ccc(-n2nc(C#N)c3c2C(=O)N(c2ccc(C4(CC5=NCCN5)CC4)cc2)CC3)cc1. The van der Waals surface area contributed by atoms with E-state index in [0.29, 0.717) is 41.4 Å². The molecule has 0 saturated heterocycles. The fourth-order valence-electron chi connectivity index (χ4n) is 5.21. The van der Waals surface area contributed by atoms with E-state index in [2.05, 4.69) is 33.6 Å². The van der Waals surface area contributed by atoms with Crippen LogP contribution in [0.3, 0.4) is 0 Å². The number of hydrogen-bond acceptors (Lipinski definition) is 6. The lowest BCUT2D eigenvalue weighted by atomic mass is 9.91. The van der Waals surface area contributed by atoms with Crippen LogP contribution in [0.5, 0.6) is 5.75 Å². The number of methoxy groups -OCH3 is 1. The number of hydrogen-bond donors (Lipinski definition) is 1. The summed E-state index contributed by atoms with van der Waals surface area (Å²) in [5.41, 5.74) is 4.51. The Balaban J connectivity index is 1.29. The molecule has 1 aliphatic carbocycles. The Labute approximate surface area is 203 Å². The summed E-state index contributed by atoms with van der Waals surface area (Å²) in [6.45, 7) is 2.31. The van der Waals surface area contributed by atoms with Crippen LogP contribution in [0.4, 0.5) is 5.69 Å². The molecule has 3 aliphatic rings. The maximum atomic E-state index is 13.7. The number of rotatable bonds is 6. The Bertz CT molecular complexity index is 1360. The number of carbonyl (C=O) groups is 1. The van der Waals surface area contributed by atoms with Crippen molar-refractivity contribution in [2.24, 2.45) is 4.99 Å². The summed E-state index contributed by atoms with van der Waals surface area (Å²) in [5, 5.41) is 17.5. The van der Waals surface area contributed by atoms with Crippen LogP contribution in [-0.2, 0) is 11.8 Å². The lowest BCUT2D eigenvalue weighted by Crippen LogP contribution is -2.38. The van der Waals surface area contributed by atoms with Gasteiger partial charge in [0, 0.05) is 36.2 Å². The average Bonchev–Trinajstić information content (AvgIpc) is 3.31. The Morgan fingerprint density at radius 2 is 1.86 bits per heavy atom. The van der Waals surface area contributed by atoms with Crippen LogP contribution in [0.15, 0.2) is 53.5 Å². The molecule has 0 bridgehead atoms. The quantitative estimate of drug-likeness (QED) is 0.601. The summed E-state index contributed by atoms with van der Waals surface area (Å²) >= 11 is 0. The number of ether oxygens (including phenoxy) is 1. The fourth-order valence-corrected chi connectivity index (χ4v) is 5.21. The van der Waals surface area contributed by atoms with Gasteiger partial charge in [-0.25, -0.2) is 4.68 Å². The zero-order valence-corrected chi connectivity index (χ0v) is 19.6. The first-order chi connectivity index (χ1) is 17.1. The van der Waals surface area contributed by atoms with Gasteiger partial charge >= 0.3 is 0 Å². The predicted octanol–water partition coefficient (Wildman–Crippen LogP) is 3.38. The Morgan fingerprint density at radius 1 is 1.11 bits per heavy atom. The van der Waals surface area contributed by atoms with Gasteiger partial charge in [0.1, 0.15) is 17.5 Å². The lowest BCUT2D eigenvalue weighted by Gasteiger charge is -2.28. The van der Waals surface area contributed by atoms with Gasteiger partial charge in [-0.3, -0.25) is 9.79 Å². The van der Waals surface area contributed by atoms with Crippen molar-refractivity contribution in [3.05, 3.63) is 71.0 Å². The molecule has 2 aliphatic heterocycles. The van der Waals surface area contributed by atoms with Crippen LogP contribution in [0.2, 0.25) is 0 Å². The van der Waals surface area contributed by atoms with E-state index in [0.717, 1.165) is 43.9 Å². The molecule has 0 spiro atoms. The molecule has 8 nitrogen and oxygen atoms in total. The molecular weight excluding hydrogens is 440 g/mol. The molecule has 6 rings (SSSR count). The zero-order valence-electron chi connectivity index (χ0n) is 19.6. The minimum absolute atomic E-state index is 0.144. The van der Waals surface area contributed by atoms with Crippen LogP contribution in [0.25, 0.3) is 5.69 Å². The average molecular weight is 467 g/mol. The molecule has 176 valence electrons. The number of aromatic nitrogens is 2. The monoisotopic (exact) mass is 466 g/mol. The summed E-state index contributed by atoms with van der Waals surface area (Å²) in [6, 6.07) is 17.9. The Hall–Kier alpha value is -4.12. The molecule has 3 aromatic rings. The second-order valence-corrected chi connectivity index (χ2v) is 9.36. The molecule has 35 heavy (non-hydrogen) atoms. The number of amides is 1. The predicted molar refractivity (Wildman–Crippen MR) is 132 cm³/mol. The third kappa shape index (κ3) is 3.64. The number of benzene rings is 2. The number of amidine groups is 1. The van der Waals surface area contributed by atoms with E-state index in [1.807, 2.05) is 36.4 Å². The smallest absolute Gasteiger partial charge is 0.277 e. The number of anilines is 1. The number of nitrogens with zero attached hydrogens (tertiary/aromatic N) is 5. The summed E-state index contributed by atoms with van der Waals surface area (Å²) in [6.07, 6.45) is 3.86. The second kappa shape index (κ2) is 8.27. The zero-order chi connectivity index (χ0) is 24.0. The maximum Gasteiger partial charge on any atom is 0.277 e. The molecule has 0 unspecified atom stereocenters. The van der Waals surface area contributed by atoms with Gasteiger partial charge in [-0.2, -0.15) is 10.4 Å². The molecule has 0 radical (unpaired) electrons. The highest BCUT2D eigenvalue weighted by Gasteiger charge is 2.45. The van der Waals surface area contributed by atoms with Crippen molar-refractivity contribution in [1.29, 1.82) is 5.26 Å². The van der Waals surface area contributed by atoms with Gasteiger partial charge in [-0.1, -0.05) is 12.1 Å². The third-order valence-corrected chi connectivity index (χ3v) is 7.33. The third-order valence-electron chi connectivity index (χ3n) is 7.33. The van der Waals surface area contributed by atoms with Gasteiger partial charge in [0.15, 0.2) is 5.69 Å². The highest BCUT2D eigenvalue weighted by atomic mass is 16.5. The molecule has 1 aromatic heterocycles. The van der Waals surface area contributed by atoms with Crippen LogP contribution in [0.1, 0.15) is 46.6 Å². The highest BCUT2D eigenvalue weighted by molar-refractivity contribution is 6.07. The first-order valence-corrected chi connectivity index (χ1v) is 12.0. The molecule has 1 N–H and O–H groups in total. The van der Waals surface area contributed by atoms with E-state index in [1.54, 1.807) is 16.7 Å². The molecule has 8 heteroatoms. The van der Waals surface area contributed by atoms with Gasteiger partial charge in [0.2, 0.25) is 0 Å². The summed E-state index contributed by atoms with van der Waals surface area (Å²) < 4.78 is 6.84. The molecule has 1 fully saturated rings. The molecular formula is C27H26N6O2. The summed E-state index contributed by atoms with van der Waals surface area (Å²) in [7, 11) is 1.61. The topological polar surface area (TPSA) is 95.5 Å². The van der Waals surface area contributed by atoms with Crippen LogP contribution in [0, 0.1) is 11.3 Å². The molecule has 2 aromatic carbocycles. The van der Waals surface area contributed by atoms with Crippen LogP contribution in [-0.4, -0.2) is 48.3 Å². The molecule has 1 amide bonds. The number of fused-ring (bicyclic) bond motifs is 1. The van der Waals surface area contributed by atoms with Crippen molar-refractivity contribution >= 4 is 17.4 Å². The largest absolute Gasteiger partial charge is 0.497 e. The van der Waals surface area contributed by atoms with Crippen molar-refractivity contribution in [3.63, 3.8) is 0 Å². The summed E-state index contributed by atoms with van der Waals surface area (Å²) in [4.78, 5) is 20.1. The van der Waals surface area contributed by atoms with Crippen molar-refractivity contribution in [2.45, 2.75) is 31.1 Å². The van der Waals surface area contributed by atoms with Gasteiger partial charge in [0.25, 0.3) is 5.91 Å². The molecule has 1 saturated carbocycles. The van der Waals surface area contributed by atoms with E-state index >= 15 is 0 Å². The normalized spacial score (nSPS) is 17.9. The Kier molecular flexibility index (Phi) is 5.06. The van der Waals surface area contributed by atoms with Crippen molar-refractivity contribution in [3.8, 4) is 17.5 Å².